The normalized spacial score (nSPS) is 10.8. The monoisotopic (exact) mass is 363 g/mol. The van der Waals surface area contributed by atoms with Crippen molar-refractivity contribution in [1.82, 2.24) is 4.98 Å². The van der Waals surface area contributed by atoms with Gasteiger partial charge in [-0.3, -0.25) is 9.78 Å². The van der Waals surface area contributed by atoms with Crippen molar-refractivity contribution in [3.63, 3.8) is 0 Å². The molecule has 0 atom stereocenters. The summed E-state index contributed by atoms with van der Waals surface area (Å²) in [4.78, 5) is 17.3. The van der Waals surface area contributed by atoms with Crippen LogP contribution in [-0.2, 0) is 0 Å². The van der Waals surface area contributed by atoms with Gasteiger partial charge in [-0.1, -0.05) is 37.3 Å². The van der Waals surface area contributed by atoms with Gasteiger partial charge in [0.05, 0.1) is 29.1 Å². The summed E-state index contributed by atoms with van der Waals surface area (Å²) < 4.78 is 0. The number of para-hydroxylation sites is 2. The van der Waals surface area contributed by atoms with Gasteiger partial charge in [0.1, 0.15) is 0 Å². The molecule has 5 nitrogen and oxygen atoms in total. The Labute approximate surface area is 159 Å². The van der Waals surface area contributed by atoms with Crippen LogP contribution in [0.15, 0.2) is 48.7 Å². The molecular formula is C22H25N3O2. The molecule has 5 heteroatoms. The van der Waals surface area contributed by atoms with Crippen LogP contribution in [-0.4, -0.2) is 29.0 Å². The zero-order valence-corrected chi connectivity index (χ0v) is 15.7. The van der Waals surface area contributed by atoms with Gasteiger partial charge in [0.2, 0.25) is 0 Å². The minimum atomic E-state index is 0.0395. The molecule has 140 valence electrons. The van der Waals surface area contributed by atoms with E-state index in [1.165, 1.54) is 0 Å². The number of carbonyl (C=O) groups is 1. The Morgan fingerprint density at radius 3 is 2.63 bits per heavy atom. The fraction of sp³-hybridized carbons (Fsp3) is 0.273. The highest BCUT2D eigenvalue weighted by molar-refractivity contribution is 6.10. The van der Waals surface area contributed by atoms with Crippen LogP contribution in [0.3, 0.4) is 0 Å². The number of pyridine rings is 1. The van der Waals surface area contributed by atoms with Crippen molar-refractivity contribution in [2.24, 2.45) is 0 Å². The standard InChI is InChI=1S/C22H25N3O2/c1-3-7-20(27)17-14-24-22-16(9-6-11-19(22)23-12-13-26)21(17)25-18-10-5-4-8-15(18)2/h4-6,8-11,14,23,26H,3,7,12-13H2,1-2H3,(H,24,25). The number of hydrogen-bond acceptors (Lipinski definition) is 5. The fourth-order valence-electron chi connectivity index (χ4n) is 3.11. The Hall–Kier alpha value is -2.92. The first-order chi connectivity index (χ1) is 13.2. The van der Waals surface area contributed by atoms with Crippen LogP contribution in [0.25, 0.3) is 10.9 Å². The lowest BCUT2D eigenvalue weighted by Crippen LogP contribution is -2.09. The van der Waals surface area contributed by atoms with Crippen LogP contribution in [0.4, 0.5) is 17.1 Å². The Bertz CT molecular complexity index is 953. The summed E-state index contributed by atoms with van der Waals surface area (Å²) in [5.41, 5.74) is 5.06. The van der Waals surface area contributed by atoms with E-state index in [0.29, 0.717) is 18.5 Å². The number of nitrogens with zero attached hydrogens (tertiary/aromatic N) is 1. The van der Waals surface area contributed by atoms with Crippen molar-refractivity contribution >= 4 is 33.7 Å². The number of aryl methyl sites for hydroxylation is 1. The molecule has 0 amide bonds. The molecule has 1 heterocycles. The molecule has 0 aliphatic carbocycles. The first-order valence-corrected chi connectivity index (χ1v) is 9.28. The summed E-state index contributed by atoms with van der Waals surface area (Å²) in [5, 5.41) is 16.7. The number of nitrogens with one attached hydrogen (secondary N) is 2. The largest absolute Gasteiger partial charge is 0.395 e. The zero-order valence-electron chi connectivity index (χ0n) is 15.7. The maximum Gasteiger partial charge on any atom is 0.166 e. The molecule has 0 spiro atoms. The van der Waals surface area contributed by atoms with Gasteiger partial charge in [-0.05, 0) is 31.0 Å². The van der Waals surface area contributed by atoms with Crippen LogP contribution < -0.4 is 10.6 Å². The molecule has 0 radical (unpaired) electrons. The maximum atomic E-state index is 12.7. The molecule has 1 aromatic heterocycles. The first-order valence-electron chi connectivity index (χ1n) is 9.28. The summed E-state index contributed by atoms with van der Waals surface area (Å²) in [6, 6.07) is 13.8. The number of aromatic nitrogens is 1. The second-order valence-corrected chi connectivity index (χ2v) is 6.51. The molecule has 0 aliphatic heterocycles. The van der Waals surface area contributed by atoms with Crippen LogP contribution in [0.1, 0.15) is 35.7 Å². The van der Waals surface area contributed by atoms with Crippen molar-refractivity contribution in [2.75, 3.05) is 23.8 Å². The zero-order chi connectivity index (χ0) is 19.2. The van der Waals surface area contributed by atoms with Crippen molar-refractivity contribution < 1.29 is 9.90 Å². The topological polar surface area (TPSA) is 74.2 Å². The summed E-state index contributed by atoms with van der Waals surface area (Å²) in [7, 11) is 0. The van der Waals surface area contributed by atoms with E-state index in [0.717, 1.165) is 39.9 Å². The van der Waals surface area contributed by atoms with Crippen molar-refractivity contribution in [2.45, 2.75) is 26.7 Å². The van der Waals surface area contributed by atoms with Gasteiger partial charge in [0, 0.05) is 30.2 Å². The number of rotatable bonds is 8. The smallest absolute Gasteiger partial charge is 0.166 e. The van der Waals surface area contributed by atoms with Crippen LogP contribution in [0.2, 0.25) is 0 Å². The van der Waals surface area contributed by atoms with Gasteiger partial charge in [0.25, 0.3) is 0 Å². The summed E-state index contributed by atoms with van der Waals surface area (Å²) in [6.45, 7) is 4.51. The van der Waals surface area contributed by atoms with Crippen molar-refractivity contribution in [3.05, 3.63) is 59.8 Å². The molecule has 3 rings (SSSR count). The van der Waals surface area contributed by atoms with Gasteiger partial charge in [-0.15, -0.1) is 0 Å². The van der Waals surface area contributed by atoms with Crippen molar-refractivity contribution in [3.8, 4) is 0 Å². The Morgan fingerprint density at radius 2 is 1.89 bits per heavy atom. The average molecular weight is 363 g/mol. The summed E-state index contributed by atoms with van der Waals surface area (Å²) in [5.74, 6) is 0.0803. The Balaban J connectivity index is 2.17. The summed E-state index contributed by atoms with van der Waals surface area (Å²) in [6.07, 6.45) is 2.93. The number of fused-ring (bicyclic) bond motifs is 1. The average Bonchev–Trinajstić information content (AvgIpc) is 2.68. The van der Waals surface area contributed by atoms with E-state index in [1.54, 1.807) is 6.20 Å². The molecule has 0 unspecified atom stereocenters. The van der Waals surface area contributed by atoms with Gasteiger partial charge in [-0.25, -0.2) is 0 Å². The molecule has 0 fully saturated rings. The van der Waals surface area contributed by atoms with Crippen LogP contribution in [0, 0.1) is 6.92 Å². The fourth-order valence-corrected chi connectivity index (χ4v) is 3.11. The Morgan fingerprint density at radius 1 is 1.11 bits per heavy atom. The third-order valence-electron chi connectivity index (χ3n) is 4.51. The molecule has 0 saturated heterocycles. The highest BCUT2D eigenvalue weighted by Gasteiger charge is 2.17. The van der Waals surface area contributed by atoms with E-state index < -0.39 is 0 Å². The molecule has 0 bridgehead atoms. The number of benzene rings is 2. The van der Waals surface area contributed by atoms with E-state index in [9.17, 15) is 4.79 Å². The molecule has 0 aliphatic rings. The first kappa shape index (κ1) is 18.9. The SMILES string of the molecule is CCCC(=O)c1cnc2c(NCCO)cccc2c1Nc1ccccc1C. The maximum absolute atomic E-state index is 12.7. The van der Waals surface area contributed by atoms with Gasteiger partial charge >= 0.3 is 0 Å². The third-order valence-corrected chi connectivity index (χ3v) is 4.51. The van der Waals surface area contributed by atoms with E-state index in [4.69, 9.17) is 5.11 Å². The van der Waals surface area contributed by atoms with E-state index in [2.05, 4.69) is 15.6 Å². The lowest BCUT2D eigenvalue weighted by Gasteiger charge is -2.17. The molecule has 3 aromatic rings. The van der Waals surface area contributed by atoms with Gasteiger partial charge in [0.15, 0.2) is 5.78 Å². The highest BCUT2D eigenvalue weighted by Crippen LogP contribution is 2.34. The van der Waals surface area contributed by atoms with Crippen LogP contribution >= 0.6 is 0 Å². The number of Topliss-reactive ketones (excluding diaryl/α,β-unsaturated/α-hetero) is 1. The van der Waals surface area contributed by atoms with Crippen molar-refractivity contribution in [1.29, 1.82) is 0 Å². The van der Waals surface area contributed by atoms with Gasteiger partial charge in [-0.2, -0.15) is 0 Å². The van der Waals surface area contributed by atoms with E-state index in [-0.39, 0.29) is 12.4 Å². The minimum Gasteiger partial charge on any atom is -0.395 e. The number of anilines is 3. The predicted molar refractivity (Wildman–Crippen MR) is 111 cm³/mol. The van der Waals surface area contributed by atoms with E-state index in [1.807, 2.05) is 56.3 Å². The molecule has 3 N–H and O–H groups in total. The van der Waals surface area contributed by atoms with Crippen LogP contribution in [0.5, 0.6) is 0 Å². The Kier molecular flexibility index (Phi) is 6.04. The summed E-state index contributed by atoms with van der Waals surface area (Å²) >= 11 is 0. The second-order valence-electron chi connectivity index (χ2n) is 6.51. The number of aliphatic hydroxyl groups is 1. The number of carbonyl (C=O) groups excluding carboxylic acids is 1. The number of aliphatic hydroxyl groups excluding tert-OH is 1. The number of hydrogen-bond donors (Lipinski definition) is 3. The lowest BCUT2D eigenvalue weighted by atomic mass is 10.0. The minimum absolute atomic E-state index is 0.0395. The third kappa shape index (κ3) is 4.09. The molecule has 0 saturated carbocycles. The quantitative estimate of drug-likeness (QED) is 0.507. The lowest BCUT2D eigenvalue weighted by molar-refractivity contribution is 0.0982. The van der Waals surface area contributed by atoms with Gasteiger partial charge < -0.3 is 15.7 Å². The molecule has 2 aromatic carbocycles. The predicted octanol–water partition coefficient (Wildman–Crippen LogP) is 4.67. The van der Waals surface area contributed by atoms with E-state index >= 15 is 0 Å². The second kappa shape index (κ2) is 8.64. The molecule has 27 heavy (non-hydrogen) atoms. The highest BCUT2D eigenvalue weighted by atomic mass is 16.3. The number of ketones is 1. The molecular weight excluding hydrogens is 338 g/mol.